The molecule has 3 unspecified atom stereocenters. The smallest absolute Gasteiger partial charge is 0.0135 e. The van der Waals surface area contributed by atoms with Gasteiger partial charge in [-0.05, 0) is 31.2 Å². The van der Waals surface area contributed by atoms with E-state index < -0.39 is 0 Å². The van der Waals surface area contributed by atoms with E-state index in [4.69, 9.17) is 0 Å². The number of fused-ring (bicyclic) bond motifs is 1. The van der Waals surface area contributed by atoms with Gasteiger partial charge in [0, 0.05) is 6.04 Å². The number of hydrogen-bond acceptors (Lipinski definition) is 1. The zero-order chi connectivity index (χ0) is 6.97. The Labute approximate surface area is 62.5 Å². The Morgan fingerprint density at radius 3 is 3.20 bits per heavy atom. The van der Waals surface area contributed by atoms with E-state index in [1.165, 1.54) is 12.8 Å². The summed E-state index contributed by atoms with van der Waals surface area (Å²) in [5.41, 5.74) is 0. The minimum atomic E-state index is 0.814. The van der Waals surface area contributed by atoms with Crippen molar-refractivity contribution in [3.8, 4) is 0 Å². The minimum absolute atomic E-state index is 0.814. The van der Waals surface area contributed by atoms with Crippen LogP contribution in [0.15, 0.2) is 12.2 Å². The van der Waals surface area contributed by atoms with Crippen LogP contribution >= 0.6 is 0 Å². The summed E-state index contributed by atoms with van der Waals surface area (Å²) in [5.74, 6) is 1.89. The van der Waals surface area contributed by atoms with Gasteiger partial charge >= 0.3 is 0 Å². The van der Waals surface area contributed by atoms with E-state index in [2.05, 4.69) is 24.4 Å². The highest BCUT2D eigenvalue weighted by Gasteiger charge is 2.40. The van der Waals surface area contributed by atoms with Crippen molar-refractivity contribution >= 4 is 0 Å². The number of nitrogens with one attached hydrogen (secondary N) is 1. The molecule has 56 valence electrons. The first-order valence-electron chi connectivity index (χ1n) is 4.32. The molecule has 2 aliphatic rings. The standard InChI is InChI=1S/C9H15N/c1-2-10-9-6-7-4-3-5-8(7)9/h3,5,7-10H,2,4,6H2,1H3. The van der Waals surface area contributed by atoms with Crippen LogP contribution < -0.4 is 5.32 Å². The lowest BCUT2D eigenvalue weighted by molar-refractivity contribution is 0.166. The molecule has 1 nitrogen and oxygen atoms in total. The van der Waals surface area contributed by atoms with Crippen LogP contribution in [0.1, 0.15) is 19.8 Å². The highest BCUT2D eigenvalue weighted by molar-refractivity contribution is 5.12. The molecule has 2 rings (SSSR count). The molecular formula is C9H15N. The van der Waals surface area contributed by atoms with Gasteiger partial charge in [-0.2, -0.15) is 0 Å². The molecule has 0 saturated heterocycles. The Morgan fingerprint density at radius 1 is 1.60 bits per heavy atom. The van der Waals surface area contributed by atoms with Crippen LogP contribution in [0, 0.1) is 11.8 Å². The van der Waals surface area contributed by atoms with Crippen LogP contribution in [0.4, 0.5) is 0 Å². The molecule has 0 radical (unpaired) electrons. The molecule has 0 aromatic carbocycles. The molecule has 0 aromatic rings. The van der Waals surface area contributed by atoms with Gasteiger partial charge < -0.3 is 5.32 Å². The zero-order valence-electron chi connectivity index (χ0n) is 6.51. The fourth-order valence-electron chi connectivity index (χ4n) is 2.21. The molecule has 1 heteroatoms. The van der Waals surface area contributed by atoms with E-state index in [0.29, 0.717) is 0 Å². The summed E-state index contributed by atoms with van der Waals surface area (Å²) in [6.45, 7) is 3.31. The molecule has 0 aromatic heterocycles. The summed E-state index contributed by atoms with van der Waals surface area (Å²) in [7, 11) is 0. The Morgan fingerprint density at radius 2 is 2.50 bits per heavy atom. The first kappa shape index (κ1) is 6.41. The monoisotopic (exact) mass is 137 g/mol. The Bertz CT molecular complexity index is 151. The summed E-state index contributed by atoms with van der Waals surface area (Å²) in [5, 5.41) is 3.50. The maximum atomic E-state index is 3.50. The second-order valence-corrected chi connectivity index (χ2v) is 3.40. The summed E-state index contributed by atoms with van der Waals surface area (Å²) in [6.07, 6.45) is 7.48. The Kier molecular flexibility index (Phi) is 1.53. The van der Waals surface area contributed by atoms with Crippen molar-refractivity contribution in [1.29, 1.82) is 0 Å². The van der Waals surface area contributed by atoms with Crippen molar-refractivity contribution in [3.05, 3.63) is 12.2 Å². The van der Waals surface area contributed by atoms with E-state index in [9.17, 15) is 0 Å². The zero-order valence-corrected chi connectivity index (χ0v) is 6.51. The first-order chi connectivity index (χ1) is 4.92. The highest BCUT2D eigenvalue weighted by Crippen LogP contribution is 2.42. The minimum Gasteiger partial charge on any atom is -0.314 e. The summed E-state index contributed by atoms with van der Waals surface area (Å²) in [4.78, 5) is 0. The number of allylic oxidation sites excluding steroid dienone is 1. The maximum Gasteiger partial charge on any atom is 0.0135 e. The fraction of sp³-hybridized carbons (Fsp3) is 0.778. The third-order valence-electron chi connectivity index (χ3n) is 2.83. The third-order valence-corrected chi connectivity index (χ3v) is 2.83. The second kappa shape index (κ2) is 2.39. The lowest BCUT2D eigenvalue weighted by Gasteiger charge is -2.40. The molecule has 1 fully saturated rings. The van der Waals surface area contributed by atoms with Gasteiger partial charge in [0.2, 0.25) is 0 Å². The second-order valence-electron chi connectivity index (χ2n) is 3.40. The van der Waals surface area contributed by atoms with E-state index in [-0.39, 0.29) is 0 Å². The first-order valence-corrected chi connectivity index (χ1v) is 4.32. The van der Waals surface area contributed by atoms with Gasteiger partial charge in [-0.25, -0.2) is 0 Å². The normalized spacial score (nSPS) is 43.1. The van der Waals surface area contributed by atoms with Gasteiger partial charge in [0.25, 0.3) is 0 Å². The predicted octanol–water partition coefficient (Wildman–Crippen LogP) is 1.56. The largest absolute Gasteiger partial charge is 0.314 e. The Hall–Kier alpha value is -0.300. The molecule has 3 atom stereocenters. The van der Waals surface area contributed by atoms with Crippen molar-refractivity contribution in [3.63, 3.8) is 0 Å². The molecular weight excluding hydrogens is 122 g/mol. The Balaban J connectivity index is 1.88. The number of rotatable bonds is 2. The maximum absolute atomic E-state index is 3.50. The summed E-state index contributed by atoms with van der Waals surface area (Å²) < 4.78 is 0. The molecule has 1 saturated carbocycles. The molecule has 0 aliphatic heterocycles. The van der Waals surface area contributed by atoms with Gasteiger partial charge in [-0.15, -0.1) is 0 Å². The topological polar surface area (TPSA) is 12.0 Å². The quantitative estimate of drug-likeness (QED) is 0.569. The van der Waals surface area contributed by atoms with Crippen LogP contribution in [0.2, 0.25) is 0 Å². The van der Waals surface area contributed by atoms with Crippen LogP contribution in [0.3, 0.4) is 0 Å². The average molecular weight is 137 g/mol. The van der Waals surface area contributed by atoms with Crippen molar-refractivity contribution in [1.82, 2.24) is 5.32 Å². The van der Waals surface area contributed by atoms with Crippen molar-refractivity contribution in [2.75, 3.05) is 6.54 Å². The van der Waals surface area contributed by atoms with Crippen LogP contribution in [-0.4, -0.2) is 12.6 Å². The summed E-state index contributed by atoms with van der Waals surface area (Å²) in [6, 6.07) is 0.814. The van der Waals surface area contributed by atoms with Gasteiger partial charge in [-0.1, -0.05) is 19.1 Å². The van der Waals surface area contributed by atoms with Crippen LogP contribution in [0.25, 0.3) is 0 Å². The van der Waals surface area contributed by atoms with E-state index >= 15 is 0 Å². The van der Waals surface area contributed by atoms with Crippen molar-refractivity contribution < 1.29 is 0 Å². The van der Waals surface area contributed by atoms with Crippen molar-refractivity contribution in [2.24, 2.45) is 11.8 Å². The predicted molar refractivity (Wildman–Crippen MR) is 42.8 cm³/mol. The molecule has 0 heterocycles. The van der Waals surface area contributed by atoms with Crippen LogP contribution in [-0.2, 0) is 0 Å². The van der Waals surface area contributed by atoms with E-state index in [1.54, 1.807) is 0 Å². The highest BCUT2D eigenvalue weighted by atomic mass is 14.9. The molecule has 0 amide bonds. The van der Waals surface area contributed by atoms with E-state index in [0.717, 1.165) is 24.4 Å². The van der Waals surface area contributed by atoms with Crippen molar-refractivity contribution in [2.45, 2.75) is 25.8 Å². The molecule has 0 bridgehead atoms. The average Bonchev–Trinajstić information content (AvgIpc) is 2.26. The van der Waals surface area contributed by atoms with Gasteiger partial charge in [0.15, 0.2) is 0 Å². The molecule has 0 spiro atoms. The third kappa shape index (κ3) is 0.807. The van der Waals surface area contributed by atoms with Gasteiger partial charge in [-0.3, -0.25) is 0 Å². The number of hydrogen-bond donors (Lipinski definition) is 1. The summed E-state index contributed by atoms with van der Waals surface area (Å²) >= 11 is 0. The molecule has 1 N–H and O–H groups in total. The molecule has 2 aliphatic carbocycles. The van der Waals surface area contributed by atoms with Gasteiger partial charge in [0.1, 0.15) is 0 Å². The lowest BCUT2D eigenvalue weighted by atomic mass is 9.71. The molecule has 10 heavy (non-hydrogen) atoms. The van der Waals surface area contributed by atoms with Gasteiger partial charge in [0.05, 0.1) is 0 Å². The lowest BCUT2D eigenvalue weighted by Crippen LogP contribution is -2.47. The van der Waals surface area contributed by atoms with Crippen LogP contribution in [0.5, 0.6) is 0 Å². The SMILES string of the molecule is CCNC1CC2CC=CC21. The fourth-order valence-corrected chi connectivity index (χ4v) is 2.21. The van der Waals surface area contributed by atoms with E-state index in [1.807, 2.05) is 0 Å².